The van der Waals surface area contributed by atoms with Crippen LogP contribution >= 0.6 is 15.9 Å². The molecule has 1 fully saturated rings. The zero-order chi connectivity index (χ0) is 19.4. The van der Waals surface area contributed by atoms with Gasteiger partial charge in [0.1, 0.15) is 0 Å². The van der Waals surface area contributed by atoms with Crippen LogP contribution in [0, 0.1) is 5.92 Å². The molecule has 0 spiro atoms. The Labute approximate surface area is 166 Å². The van der Waals surface area contributed by atoms with E-state index in [1.807, 2.05) is 37.3 Å². The molecule has 0 bridgehead atoms. The first-order chi connectivity index (χ1) is 13.0. The van der Waals surface area contributed by atoms with Crippen LogP contribution in [0.25, 0.3) is 0 Å². The number of carbonyl (C=O) groups excluding carboxylic acids is 3. The molecule has 2 aromatic carbocycles. The van der Waals surface area contributed by atoms with Gasteiger partial charge < -0.3 is 4.90 Å². The smallest absolute Gasteiger partial charge is 0.269 e. The van der Waals surface area contributed by atoms with Crippen molar-refractivity contribution < 1.29 is 14.4 Å². The van der Waals surface area contributed by atoms with Crippen molar-refractivity contribution in [2.75, 3.05) is 6.54 Å². The lowest BCUT2D eigenvalue weighted by Gasteiger charge is -2.25. The number of hydrazine groups is 1. The Hall–Kier alpha value is -2.67. The van der Waals surface area contributed by atoms with Gasteiger partial charge >= 0.3 is 0 Å². The molecular weight excluding hydrogens is 410 g/mol. The summed E-state index contributed by atoms with van der Waals surface area (Å²) in [6, 6.07) is 16.4. The summed E-state index contributed by atoms with van der Waals surface area (Å²) in [5.74, 6) is -1.33. The lowest BCUT2D eigenvalue weighted by atomic mass is 10.1. The van der Waals surface area contributed by atoms with Gasteiger partial charge in [-0.1, -0.05) is 46.3 Å². The molecule has 3 rings (SSSR count). The van der Waals surface area contributed by atoms with Crippen LogP contribution in [0.15, 0.2) is 59.1 Å². The molecule has 3 amide bonds. The highest BCUT2D eigenvalue weighted by Gasteiger charge is 2.37. The summed E-state index contributed by atoms with van der Waals surface area (Å²) in [5.41, 5.74) is 6.28. The van der Waals surface area contributed by atoms with Crippen LogP contribution in [0.1, 0.15) is 35.3 Å². The summed E-state index contributed by atoms with van der Waals surface area (Å²) in [6.45, 7) is 2.28. The molecule has 0 unspecified atom stereocenters. The van der Waals surface area contributed by atoms with Crippen LogP contribution in [0.5, 0.6) is 0 Å². The molecule has 6 nitrogen and oxygen atoms in total. The van der Waals surface area contributed by atoms with Crippen molar-refractivity contribution in [1.29, 1.82) is 0 Å². The summed E-state index contributed by atoms with van der Waals surface area (Å²) in [7, 11) is 0. The van der Waals surface area contributed by atoms with Gasteiger partial charge in [-0.25, -0.2) is 0 Å². The molecule has 140 valence electrons. The van der Waals surface area contributed by atoms with Crippen molar-refractivity contribution in [2.24, 2.45) is 5.92 Å². The van der Waals surface area contributed by atoms with Crippen molar-refractivity contribution in [1.82, 2.24) is 15.8 Å². The Bertz CT molecular complexity index is 839. The minimum absolute atomic E-state index is 0.0641. The zero-order valence-corrected chi connectivity index (χ0v) is 16.4. The third-order valence-electron chi connectivity index (χ3n) is 4.68. The number of hydrogen-bond donors (Lipinski definition) is 2. The second kappa shape index (κ2) is 8.35. The molecule has 27 heavy (non-hydrogen) atoms. The molecule has 0 radical (unpaired) electrons. The van der Waals surface area contributed by atoms with Gasteiger partial charge in [-0.15, -0.1) is 0 Å². The summed E-state index contributed by atoms with van der Waals surface area (Å²) in [6.07, 6.45) is 0.136. The molecule has 2 atom stereocenters. The van der Waals surface area contributed by atoms with E-state index in [0.29, 0.717) is 12.1 Å². The van der Waals surface area contributed by atoms with E-state index in [4.69, 9.17) is 0 Å². The number of rotatable bonds is 4. The molecule has 1 heterocycles. The first-order valence-corrected chi connectivity index (χ1v) is 9.45. The topological polar surface area (TPSA) is 78.5 Å². The maximum Gasteiger partial charge on any atom is 0.269 e. The summed E-state index contributed by atoms with van der Waals surface area (Å²) in [4.78, 5) is 38.5. The van der Waals surface area contributed by atoms with E-state index in [1.165, 1.54) is 0 Å². The van der Waals surface area contributed by atoms with Crippen molar-refractivity contribution in [3.63, 3.8) is 0 Å². The summed E-state index contributed by atoms with van der Waals surface area (Å²) >= 11 is 3.30. The highest BCUT2D eigenvalue weighted by molar-refractivity contribution is 9.10. The van der Waals surface area contributed by atoms with Gasteiger partial charge in [-0.2, -0.15) is 0 Å². The highest BCUT2D eigenvalue weighted by Crippen LogP contribution is 2.28. The fourth-order valence-electron chi connectivity index (χ4n) is 3.09. The van der Waals surface area contributed by atoms with Crippen molar-refractivity contribution in [3.05, 3.63) is 70.2 Å². The number of carbonyl (C=O) groups is 3. The van der Waals surface area contributed by atoms with Gasteiger partial charge in [0.2, 0.25) is 11.8 Å². The Morgan fingerprint density at radius 1 is 1.07 bits per heavy atom. The second-order valence-corrected chi connectivity index (χ2v) is 7.40. The summed E-state index contributed by atoms with van der Waals surface area (Å²) < 4.78 is 0.861. The quantitative estimate of drug-likeness (QED) is 0.733. The Balaban J connectivity index is 1.56. The molecule has 1 aliphatic heterocycles. The largest absolute Gasteiger partial charge is 0.335 e. The Morgan fingerprint density at radius 2 is 1.74 bits per heavy atom. The minimum Gasteiger partial charge on any atom is -0.335 e. The van der Waals surface area contributed by atoms with E-state index < -0.39 is 11.8 Å². The number of nitrogens with one attached hydrogen (secondary N) is 2. The molecule has 0 saturated carbocycles. The average Bonchev–Trinajstić information content (AvgIpc) is 3.08. The van der Waals surface area contributed by atoms with Crippen LogP contribution in [0.2, 0.25) is 0 Å². The van der Waals surface area contributed by atoms with Gasteiger partial charge in [0.05, 0.1) is 12.0 Å². The standard InChI is InChI=1S/C20H20BrN3O3/c1-13(14-5-3-2-4-6-14)24-12-16(11-18(24)25)20(27)23-22-19(26)15-7-9-17(21)10-8-15/h2-10,13,16H,11-12H2,1H3,(H,22,26)(H,23,27)/t13-,16-/m0/s1. The molecule has 0 aliphatic carbocycles. The maximum atomic E-state index is 12.4. The molecule has 0 aromatic heterocycles. The lowest BCUT2D eigenvalue weighted by molar-refractivity contribution is -0.130. The van der Waals surface area contributed by atoms with Gasteiger partial charge in [0.25, 0.3) is 5.91 Å². The molecule has 1 aliphatic rings. The van der Waals surface area contributed by atoms with Gasteiger partial charge in [0, 0.05) is 23.0 Å². The van der Waals surface area contributed by atoms with Crippen LogP contribution < -0.4 is 10.9 Å². The van der Waals surface area contributed by atoms with Crippen molar-refractivity contribution in [2.45, 2.75) is 19.4 Å². The molecular formula is C20H20BrN3O3. The van der Waals surface area contributed by atoms with E-state index in [1.54, 1.807) is 29.2 Å². The van der Waals surface area contributed by atoms with E-state index in [-0.39, 0.29) is 24.3 Å². The van der Waals surface area contributed by atoms with Gasteiger partial charge in [-0.3, -0.25) is 25.2 Å². The van der Waals surface area contributed by atoms with Crippen LogP contribution in [0.4, 0.5) is 0 Å². The summed E-state index contributed by atoms with van der Waals surface area (Å²) in [5, 5.41) is 0. The van der Waals surface area contributed by atoms with Crippen molar-refractivity contribution >= 4 is 33.7 Å². The molecule has 7 heteroatoms. The molecule has 2 aromatic rings. The number of benzene rings is 2. The lowest BCUT2D eigenvalue weighted by Crippen LogP contribution is -2.45. The number of likely N-dealkylation sites (tertiary alicyclic amines) is 1. The van der Waals surface area contributed by atoms with Crippen LogP contribution in [-0.4, -0.2) is 29.2 Å². The molecule has 2 N–H and O–H groups in total. The Kier molecular flexibility index (Phi) is 5.91. The number of hydrogen-bond acceptors (Lipinski definition) is 3. The number of halogens is 1. The van der Waals surface area contributed by atoms with Crippen molar-refractivity contribution in [3.8, 4) is 0 Å². The van der Waals surface area contributed by atoms with Crippen LogP contribution in [-0.2, 0) is 9.59 Å². The van der Waals surface area contributed by atoms with E-state index in [0.717, 1.165) is 10.0 Å². The number of amides is 3. The second-order valence-electron chi connectivity index (χ2n) is 6.48. The highest BCUT2D eigenvalue weighted by atomic mass is 79.9. The zero-order valence-electron chi connectivity index (χ0n) is 14.8. The van der Waals surface area contributed by atoms with E-state index >= 15 is 0 Å². The predicted octanol–water partition coefficient (Wildman–Crippen LogP) is 2.82. The normalized spacial score (nSPS) is 17.5. The van der Waals surface area contributed by atoms with Crippen LogP contribution in [0.3, 0.4) is 0 Å². The average molecular weight is 430 g/mol. The first kappa shape index (κ1) is 19.1. The Morgan fingerprint density at radius 3 is 2.41 bits per heavy atom. The third kappa shape index (κ3) is 4.54. The monoisotopic (exact) mass is 429 g/mol. The SMILES string of the molecule is C[C@@H](c1ccccc1)N1C[C@@H](C(=O)NNC(=O)c2ccc(Br)cc2)CC1=O. The maximum absolute atomic E-state index is 12.4. The number of nitrogens with zero attached hydrogens (tertiary/aromatic N) is 1. The van der Waals surface area contributed by atoms with Gasteiger partial charge in [0.15, 0.2) is 0 Å². The third-order valence-corrected chi connectivity index (χ3v) is 5.21. The fraction of sp³-hybridized carbons (Fsp3) is 0.250. The van der Waals surface area contributed by atoms with E-state index in [2.05, 4.69) is 26.8 Å². The van der Waals surface area contributed by atoms with E-state index in [9.17, 15) is 14.4 Å². The fourth-order valence-corrected chi connectivity index (χ4v) is 3.35. The first-order valence-electron chi connectivity index (χ1n) is 8.66. The minimum atomic E-state index is -0.492. The van der Waals surface area contributed by atoms with Gasteiger partial charge in [-0.05, 0) is 36.8 Å². The predicted molar refractivity (Wildman–Crippen MR) is 104 cm³/mol. The molecule has 1 saturated heterocycles.